The highest BCUT2D eigenvalue weighted by atomic mass is 19.4. The van der Waals surface area contributed by atoms with E-state index in [2.05, 4.69) is 5.32 Å². The van der Waals surface area contributed by atoms with Crippen molar-refractivity contribution in [1.82, 2.24) is 5.32 Å². The molecule has 3 nitrogen and oxygen atoms in total. The first-order chi connectivity index (χ1) is 9.86. The largest absolute Gasteiger partial charge is 0.416 e. The molecule has 0 aromatic heterocycles. The summed E-state index contributed by atoms with van der Waals surface area (Å²) < 4.78 is 42.8. The van der Waals surface area contributed by atoms with Gasteiger partial charge in [-0.3, -0.25) is 4.79 Å². The third-order valence-electron chi connectivity index (χ3n) is 3.55. The monoisotopic (exact) mass is 301 g/mol. The molecule has 1 fully saturated rings. The number of nitrogens with one attached hydrogen (secondary N) is 1. The second kappa shape index (κ2) is 6.47. The smallest absolute Gasteiger partial charge is 0.378 e. The number of rotatable bonds is 4. The van der Waals surface area contributed by atoms with Gasteiger partial charge in [0.1, 0.15) is 0 Å². The number of amides is 1. The third kappa shape index (κ3) is 4.46. The van der Waals surface area contributed by atoms with E-state index in [1.807, 2.05) is 0 Å². The van der Waals surface area contributed by atoms with Gasteiger partial charge in [-0.2, -0.15) is 13.2 Å². The highest BCUT2D eigenvalue weighted by Crippen LogP contribution is 2.29. The second-order valence-electron chi connectivity index (χ2n) is 5.25. The lowest BCUT2D eigenvalue weighted by Gasteiger charge is -2.17. The van der Waals surface area contributed by atoms with Gasteiger partial charge in [0, 0.05) is 6.61 Å². The van der Waals surface area contributed by atoms with Crippen molar-refractivity contribution >= 4 is 5.91 Å². The molecule has 1 N–H and O–H groups in total. The first kappa shape index (κ1) is 15.8. The summed E-state index contributed by atoms with van der Waals surface area (Å²) in [5.41, 5.74) is -0.0483. The van der Waals surface area contributed by atoms with E-state index in [1.165, 1.54) is 12.1 Å². The molecule has 0 unspecified atom stereocenters. The maximum atomic E-state index is 12.5. The minimum atomic E-state index is -4.34. The predicted octanol–water partition coefficient (Wildman–Crippen LogP) is 3.45. The van der Waals surface area contributed by atoms with Crippen LogP contribution < -0.4 is 5.32 Å². The first-order valence-electron chi connectivity index (χ1n) is 6.94. The van der Waals surface area contributed by atoms with Crippen molar-refractivity contribution in [3.05, 3.63) is 35.4 Å². The molecule has 0 aliphatic carbocycles. The number of carbonyl (C=O) groups excluding carboxylic acids is 1. The molecule has 0 bridgehead atoms. The zero-order valence-corrected chi connectivity index (χ0v) is 11.7. The topological polar surface area (TPSA) is 38.3 Å². The average Bonchev–Trinajstić information content (AvgIpc) is 2.90. The summed E-state index contributed by atoms with van der Waals surface area (Å²) in [6.07, 6.45) is -2.24. The van der Waals surface area contributed by atoms with Crippen molar-refractivity contribution in [3.8, 4) is 0 Å². The van der Waals surface area contributed by atoms with Crippen LogP contribution in [0.5, 0.6) is 0 Å². The number of carbonyl (C=O) groups is 1. The number of alkyl halides is 3. The average molecular weight is 301 g/mol. The summed E-state index contributed by atoms with van der Waals surface area (Å²) in [4.78, 5) is 11.8. The lowest BCUT2D eigenvalue weighted by Crippen LogP contribution is -2.29. The van der Waals surface area contributed by atoms with Crippen LogP contribution in [0.4, 0.5) is 13.2 Å². The molecule has 6 heteroatoms. The van der Waals surface area contributed by atoms with Gasteiger partial charge in [-0.25, -0.2) is 0 Å². The van der Waals surface area contributed by atoms with Gasteiger partial charge < -0.3 is 10.1 Å². The normalized spacial score (nSPS) is 20.3. The standard InChI is InChI=1S/C15H18F3NO2/c1-10(19-14(20)9-13-3-2-8-21-13)11-4-6-12(7-5-11)15(16,17)18/h4-7,10,13H,2-3,8-9H2,1H3,(H,19,20)/t10-,13-/m0/s1. The fourth-order valence-corrected chi connectivity index (χ4v) is 2.36. The second-order valence-corrected chi connectivity index (χ2v) is 5.25. The van der Waals surface area contributed by atoms with Gasteiger partial charge >= 0.3 is 6.18 Å². The van der Waals surface area contributed by atoms with Crippen LogP contribution in [0.3, 0.4) is 0 Å². The quantitative estimate of drug-likeness (QED) is 0.925. The molecule has 1 aromatic rings. The van der Waals surface area contributed by atoms with Crippen LogP contribution >= 0.6 is 0 Å². The number of ether oxygens (including phenoxy) is 1. The molecule has 1 aliphatic heterocycles. The Morgan fingerprint density at radius 3 is 2.57 bits per heavy atom. The van der Waals surface area contributed by atoms with E-state index >= 15 is 0 Å². The molecule has 1 aliphatic rings. The highest BCUT2D eigenvalue weighted by Gasteiger charge is 2.30. The molecule has 1 amide bonds. The Morgan fingerprint density at radius 1 is 1.38 bits per heavy atom. The van der Waals surface area contributed by atoms with E-state index < -0.39 is 11.7 Å². The summed E-state index contributed by atoms with van der Waals surface area (Å²) in [5.74, 6) is -0.144. The van der Waals surface area contributed by atoms with E-state index in [4.69, 9.17) is 4.74 Å². The minimum Gasteiger partial charge on any atom is -0.378 e. The Hall–Kier alpha value is -1.56. The summed E-state index contributed by atoms with van der Waals surface area (Å²) in [6, 6.07) is 4.50. The van der Waals surface area contributed by atoms with Crippen LogP contribution in [-0.4, -0.2) is 18.6 Å². The Bertz CT molecular complexity index is 479. The molecule has 116 valence electrons. The molecule has 0 saturated carbocycles. The van der Waals surface area contributed by atoms with E-state index in [9.17, 15) is 18.0 Å². The van der Waals surface area contributed by atoms with Gasteiger partial charge in [-0.1, -0.05) is 12.1 Å². The number of hydrogen-bond donors (Lipinski definition) is 1. The fraction of sp³-hybridized carbons (Fsp3) is 0.533. The molecular weight excluding hydrogens is 283 g/mol. The van der Waals surface area contributed by atoms with Crippen molar-refractivity contribution in [2.45, 2.75) is 44.5 Å². The third-order valence-corrected chi connectivity index (χ3v) is 3.55. The van der Waals surface area contributed by atoms with Crippen LogP contribution in [0, 0.1) is 0 Å². The highest BCUT2D eigenvalue weighted by molar-refractivity contribution is 5.77. The van der Waals surface area contributed by atoms with Crippen molar-refractivity contribution in [1.29, 1.82) is 0 Å². The predicted molar refractivity (Wildman–Crippen MR) is 71.6 cm³/mol. The zero-order valence-electron chi connectivity index (χ0n) is 11.7. The van der Waals surface area contributed by atoms with Gasteiger partial charge in [0.25, 0.3) is 0 Å². The summed E-state index contributed by atoms with van der Waals surface area (Å²) in [7, 11) is 0. The molecule has 2 atom stereocenters. The van der Waals surface area contributed by atoms with Crippen LogP contribution in [0.25, 0.3) is 0 Å². The van der Waals surface area contributed by atoms with Gasteiger partial charge in [-0.15, -0.1) is 0 Å². The van der Waals surface area contributed by atoms with E-state index in [-0.39, 0.29) is 18.1 Å². The lowest BCUT2D eigenvalue weighted by atomic mass is 10.1. The molecule has 1 saturated heterocycles. The Balaban J connectivity index is 1.90. The maximum absolute atomic E-state index is 12.5. The Labute approximate surface area is 121 Å². The number of benzene rings is 1. The molecule has 0 spiro atoms. The van der Waals surface area contributed by atoms with Gasteiger partial charge in [0.05, 0.1) is 24.1 Å². The molecule has 1 aromatic carbocycles. The Kier molecular flexibility index (Phi) is 4.88. The van der Waals surface area contributed by atoms with Gasteiger partial charge in [0.2, 0.25) is 5.91 Å². The van der Waals surface area contributed by atoms with Crippen LogP contribution in [0.2, 0.25) is 0 Å². The SMILES string of the molecule is C[C@H](NC(=O)C[C@@H]1CCCO1)c1ccc(C(F)(F)F)cc1. The van der Waals surface area contributed by atoms with Crippen molar-refractivity contribution in [2.24, 2.45) is 0 Å². The van der Waals surface area contributed by atoms with E-state index in [0.29, 0.717) is 18.6 Å². The zero-order chi connectivity index (χ0) is 15.5. The Morgan fingerprint density at radius 2 is 2.05 bits per heavy atom. The molecule has 0 radical (unpaired) electrons. The van der Waals surface area contributed by atoms with Crippen LogP contribution in [0.1, 0.15) is 43.4 Å². The summed E-state index contributed by atoms with van der Waals surface area (Å²) in [6.45, 7) is 2.43. The number of halogens is 3. The van der Waals surface area contributed by atoms with Crippen molar-refractivity contribution < 1.29 is 22.7 Å². The van der Waals surface area contributed by atoms with Crippen LogP contribution in [0.15, 0.2) is 24.3 Å². The van der Waals surface area contributed by atoms with Crippen LogP contribution in [-0.2, 0) is 15.7 Å². The van der Waals surface area contributed by atoms with E-state index in [0.717, 1.165) is 25.0 Å². The number of hydrogen-bond acceptors (Lipinski definition) is 2. The maximum Gasteiger partial charge on any atom is 0.416 e. The van der Waals surface area contributed by atoms with Gasteiger partial charge in [0.15, 0.2) is 0 Å². The molecule has 21 heavy (non-hydrogen) atoms. The molecule has 1 heterocycles. The molecular formula is C15H18F3NO2. The fourth-order valence-electron chi connectivity index (χ4n) is 2.36. The van der Waals surface area contributed by atoms with Gasteiger partial charge in [-0.05, 0) is 37.5 Å². The van der Waals surface area contributed by atoms with E-state index in [1.54, 1.807) is 6.92 Å². The lowest BCUT2D eigenvalue weighted by molar-refractivity contribution is -0.137. The molecule has 2 rings (SSSR count). The summed E-state index contributed by atoms with van der Waals surface area (Å²) >= 11 is 0. The minimum absolute atomic E-state index is 0.0372. The van der Waals surface area contributed by atoms with Crippen molar-refractivity contribution in [2.75, 3.05) is 6.61 Å². The van der Waals surface area contributed by atoms with Crippen molar-refractivity contribution in [3.63, 3.8) is 0 Å². The summed E-state index contributed by atoms with van der Waals surface area (Å²) in [5, 5.41) is 2.78. The first-order valence-corrected chi connectivity index (χ1v) is 6.94.